The minimum absolute atomic E-state index is 0.125. The van der Waals surface area contributed by atoms with Gasteiger partial charge in [-0.25, -0.2) is 0 Å². The molecule has 5 nitrogen and oxygen atoms in total. The molecule has 0 saturated carbocycles. The van der Waals surface area contributed by atoms with Crippen LogP contribution in [-0.2, 0) is 13.1 Å². The zero-order valence-corrected chi connectivity index (χ0v) is 12.3. The number of fused-ring (bicyclic) bond motifs is 1. The first-order chi connectivity index (χ1) is 10.3. The van der Waals surface area contributed by atoms with Crippen LogP contribution in [0.1, 0.15) is 17.7 Å². The lowest BCUT2D eigenvalue weighted by atomic mass is 10.1. The van der Waals surface area contributed by atoms with E-state index in [1.807, 2.05) is 25.4 Å². The number of aliphatic hydroxyl groups is 1. The van der Waals surface area contributed by atoms with Crippen molar-refractivity contribution >= 4 is 5.69 Å². The highest BCUT2D eigenvalue weighted by molar-refractivity contribution is 5.51. The van der Waals surface area contributed by atoms with Crippen molar-refractivity contribution in [1.82, 2.24) is 9.88 Å². The number of likely N-dealkylation sites (N-methyl/N-ethyl adjacent to an activating group) is 1. The van der Waals surface area contributed by atoms with E-state index >= 15 is 0 Å². The Bertz CT molecular complexity index is 571. The second-order valence-electron chi connectivity index (χ2n) is 5.55. The SMILES string of the molecule is CN1c2cccnc2CN(Cc2ccoc2)CC[C@H]1CO. The second kappa shape index (κ2) is 6.28. The van der Waals surface area contributed by atoms with Gasteiger partial charge in [-0.2, -0.15) is 0 Å². The molecule has 2 aromatic rings. The molecule has 21 heavy (non-hydrogen) atoms. The van der Waals surface area contributed by atoms with E-state index in [0.29, 0.717) is 0 Å². The molecule has 0 amide bonds. The Labute approximate surface area is 124 Å². The lowest BCUT2D eigenvalue weighted by Gasteiger charge is -2.35. The van der Waals surface area contributed by atoms with Crippen LogP contribution < -0.4 is 4.90 Å². The van der Waals surface area contributed by atoms with Gasteiger partial charge in [0.05, 0.1) is 36.6 Å². The summed E-state index contributed by atoms with van der Waals surface area (Å²) in [5.41, 5.74) is 3.33. The highest BCUT2D eigenvalue weighted by Crippen LogP contribution is 2.25. The van der Waals surface area contributed by atoms with Gasteiger partial charge in [-0.15, -0.1) is 0 Å². The number of pyridine rings is 1. The summed E-state index contributed by atoms with van der Waals surface area (Å²) in [6, 6.07) is 6.14. The van der Waals surface area contributed by atoms with Crippen LogP contribution in [0, 0.1) is 0 Å². The number of hydrogen-bond donors (Lipinski definition) is 1. The lowest BCUT2D eigenvalue weighted by molar-refractivity contribution is 0.204. The molecule has 3 rings (SSSR count). The topological polar surface area (TPSA) is 52.7 Å². The Kier molecular flexibility index (Phi) is 4.22. The van der Waals surface area contributed by atoms with Gasteiger partial charge in [0.1, 0.15) is 0 Å². The summed E-state index contributed by atoms with van der Waals surface area (Å²) in [5.74, 6) is 0. The lowest BCUT2D eigenvalue weighted by Crippen LogP contribution is -2.41. The fraction of sp³-hybridized carbons (Fsp3) is 0.438. The Morgan fingerprint density at radius 2 is 2.33 bits per heavy atom. The molecular formula is C16H21N3O2. The predicted molar refractivity (Wildman–Crippen MR) is 81.0 cm³/mol. The highest BCUT2D eigenvalue weighted by atomic mass is 16.3. The monoisotopic (exact) mass is 287 g/mol. The van der Waals surface area contributed by atoms with E-state index < -0.39 is 0 Å². The maximum absolute atomic E-state index is 9.65. The van der Waals surface area contributed by atoms with Gasteiger partial charge in [-0.1, -0.05) is 0 Å². The minimum atomic E-state index is 0.125. The average Bonchev–Trinajstić information content (AvgIpc) is 2.99. The molecule has 0 aromatic carbocycles. The number of aliphatic hydroxyl groups excluding tert-OH is 1. The van der Waals surface area contributed by atoms with Crippen LogP contribution in [0.4, 0.5) is 5.69 Å². The average molecular weight is 287 g/mol. The third-order valence-electron chi connectivity index (χ3n) is 4.14. The summed E-state index contributed by atoms with van der Waals surface area (Å²) < 4.78 is 5.15. The summed E-state index contributed by atoms with van der Waals surface area (Å²) in [6.07, 6.45) is 6.25. The Morgan fingerprint density at radius 1 is 1.43 bits per heavy atom. The largest absolute Gasteiger partial charge is 0.472 e. The smallest absolute Gasteiger partial charge is 0.0947 e. The van der Waals surface area contributed by atoms with Crippen LogP contribution in [0.3, 0.4) is 0 Å². The van der Waals surface area contributed by atoms with Gasteiger partial charge >= 0.3 is 0 Å². The first-order valence-corrected chi connectivity index (χ1v) is 7.29. The van der Waals surface area contributed by atoms with Gasteiger partial charge in [0, 0.05) is 38.4 Å². The van der Waals surface area contributed by atoms with Crippen molar-refractivity contribution < 1.29 is 9.52 Å². The van der Waals surface area contributed by atoms with Crippen molar-refractivity contribution in [3.8, 4) is 0 Å². The molecule has 0 radical (unpaired) electrons. The molecule has 0 aliphatic carbocycles. The third-order valence-corrected chi connectivity index (χ3v) is 4.14. The first kappa shape index (κ1) is 14.1. The Balaban J connectivity index is 1.85. The van der Waals surface area contributed by atoms with Gasteiger partial charge in [0.25, 0.3) is 0 Å². The highest BCUT2D eigenvalue weighted by Gasteiger charge is 2.23. The zero-order chi connectivity index (χ0) is 14.7. The summed E-state index contributed by atoms with van der Waals surface area (Å²) >= 11 is 0. The number of rotatable bonds is 3. The van der Waals surface area contributed by atoms with E-state index in [4.69, 9.17) is 4.42 Å². The van der Waals surface area contributed by atoms with Crippen molar-refractivity contribution in [3.05, 3.63) is 48.2 Å². The fourth-order valence-electron chi connectivity index (χ4n) is 2.87. The van der Waals surface area contributed by atoms with Gasteiger partial charge in [-0.05, 0) is 24.6 Å². The van der Waals surface area contributed by atoms with Crippen LogP contribution in [-0.4, -0.2) is 41.2 Å². The molecule has 0 spiro atoms. The molecule has 1 atom stereocenters. The van der Waals surface area contributed by atoms with Crippen molar-refractivity contribution in [1.29, 1.82) is 0 Å². The second-order valence-corrected chi connectivity index (χ2v) is 5.55. The molecule has 5 heteroatoms. The maximum Gasteiger partial charge on any atom is 0.0947 e. The van der Waals surface area contributed by atoms with Crippen LogP contribution >= 0.6 is 0 Å². The van der Waals surface area contributed by atoms with Gasteiger partial charge in [-0.3, -0.25) is 9.88 Å². The maximum atomic E-state index is 9.65. The van der Waals surface area contributed by atoms with Crippen molar-refractivity contribution in [2.24, 2.45) is 0 Å². The van der Waals surface area contributed by atoms with E-state index in [2.05, 4.69) is 20.9 Å². The van der Waals surface area contributed by atoms with Crippen LogP contribution in [0.15, 0.2) is 41.3 Å². The van der Waals surface area contributed by atoms with Crippen molar-refractivity contribution in [2.45, 2.75) is 25.6 Å². The number of furan rings is 1. The third kappa shape index (κ3) is 3.09. The molecule has 0 bridgehead atoms. The number of nitrogens with zero attached hydrogens (tertiary/aromatic N) is 3. The fourth-order valence-corrected chi connectivity index (χ4v) is 2.87. The summed E-state index contributed by atoms with van der Waals surface area (Å²) in [4.78, 5) is 9.04. The normalized spacial score (nSPS) is 19.9. The van der Waals surface area contributed by atoms with E-state index in [-0.39, 0.29) is 12.6 Å². The van der Waals surface area contributed by atoms with Crippen LogP contribution in [0.2, 0.25) is 0 Å². The molecule has 3 heterocycles. The Morgan fingerprint density at radius 3 is 3.10 bits per heavy atom. The van der Waals surface area contributed by atoms with E-state index in [9.17, 15) is 5.11 Å². The molecular weight excluding hydrogens is 266 g/mol. The molecule has 0 unspecified atom stereocenters. The standard InChI is InChI=1S/C16H21N3O2/c1-18-14(11-20)4-7-19(9-13-5-8-21-12-13)10-15-16(18)3-2-6-17-15/h2-3,5-6,8,12,14,20H,4,7,9-11H2,1H3/t14-/m0/s1. The molecule has 112 valence electrons. The first-order valence-electron chi connectivity index (χ1n) is 7.29. The number of hydrogen-bond acceptors (Lipinski definition) is 5. The van der Waals surface area contributed by atoms with Gasteiger partial charge in [0.15, 0.2) is 0 Å². The summed E-state index contributed by atoms with van der Waals surface area (Å²) in [7, 11) is 2.03. The van der Waals surface area contributed by atoms with Crippen LogP contribution in [0.5, 0.6) is 0 Å². The van der Waals surface area contributed by atoms with E-state index in [1.165, 1.54) is 5.56 Å². The van der Waals surface area contributed by atoms with Gasteiger partial charge in [0.2, 0.25) is 0 Å². The van der Waals surface area contributed by atoms with E-state index in [1.54, 1.807) is 12.5 Å². The summed E-state index contributed by atoms with van der Waals surface area (Å²) in [5, 5.41) is 9.65. The van der Waals surface area contributed by atoms with E-state index in [0.717, 1.165) is 37.4 Å². The van der Waals surface area contributed by atoms with Crippen molar-refractivity contribution in [2.75, 3.05) is 25.1 Å². The molecule has 0 fully saturated rings. The number of anilines is 1. The number of aromatic nitrogens is 1. The molecule has 1 aliphatic rings. The van der Waals surface area contributed by atoms with Gasteiger partial charge < -0.3 is 14.4 Å². The molecule has 1 N–H and O–H groups in total. The zero-order valence-electron chi connectivity index (χ0n) is 12.3. The quantitative estimate of drug-likeness (QED) is 0.934. The van der Waals surface area contributed by atoms with Crippen molar-refractivity contribution in [3.63, 3.8) is 0 Å². The molecule has 2 aromatic heterocycles. The van der Waals surface area contributed by atoms with Crippen LogP contribution in [0.25, 0.3) is 0 Å². The molecule has 1 aliphatic heterocycles. The predicted octanol–water partition coefficient (Wildman–Crippen LogP) is 1.88. The molecule has 0 saturated heterocycles. The Hall–Kier alpha value is -1.85. The minimum Gasteiger partial charge on any atom is -0.472 e. The summed E-state index contributed by atoms with van der Waals surface area (Å²) in [6.45, 7) is 2.74.